The molecule has 1 N–H and O–H groups in total. The Balaban J connectivity index is 1.76. The molecule has 1 aromatic carbocycles. The second-order valence-corrected chi connectivity index (χ2v) is 4.23. The van der Waals surface area contributed by atoms with Crippen LogP contribution in [0.4, 0.5) is 0 Å². The van der Waals surface area contributed by atoms with Crippen molar-refractivity contribution >= 4 is 11.9 Å². The van der Waals surface area contributed by atoms with Gasteiger partial charge in [-0.05, 0) is 31.5 Å². The van der Waals surface area contributed by atoms with E-state index >= 15 is 0 Å². The summed E-state index contributed by atoms with van der Waals surface area (Å²) in [6.45, 7) is 2.74. The number of hydrogen-bond acceptors (Lipinski definition) is 5. The van der Waals surface area contributed by atoms with Gasteiger partial charge in [0.25, 0.3) is 5.91 Å². The molecule has 0 fully saturated rings. The Morgan fingerprint density at radius 1 is 1.30 bits per heavy atom. The normalized spacial score (nSPS) is 12.1. The van der Waals surface area contributed by atoms with Crippen molar-refractivity contribution < 1.29 is 23.8 Å². The van der Waals surface area contributed by atoms with E-state index in [2.05, 4.69) is 5.32 Å². The number of carbonyl (C=O) groups excluding carboxylic acids is 2. The quantitative estimate of drug-likeness (QED) is 0.631. The van der Waals surface area contributed by atoms with Gasteiger partial charge in [-0.3, -0.25) is 9.59 Å². The van der Waals surface area contributed by atoms with Crippen LogP contribution in [0.15, 0.2) is 18.2 Å². The van der Waals surface area contributed by atoms with Gasteiger partial charge in [-0.15, -0.1) is 0 Å². The minimum Gasteiger partial charge on any atom is -0.466 e. The summed E-state index contributed by atoms with van der Waals surface area (Å²) in [7, 11) is 0. The fraction of sp³-hybridized carbons (Fsp3) is 0.429. The molecular formula is C14H17NO5. The van der Waals surface area contributed by atoms with E-state index in [9.17, 15) is 9.59 Å². The molecule has 0 aliphatic carbocycles. The van der Waals surface area contributed by atoms with E-state index in [1.807, 2.05) is 0 Å². The average molecular weight is 279 g/mol. The molecule has 1 amide bonds. The van der Waals surface area contributed by atoms with Crippen molar-refractivity contribution in [3.8, 4) is 11.5 Å². The third-order valence-electron chi connectivity index (χ3n) is 2.78. The lowest BCUT2D eigenvalue weighted by atomic mass is 10.2. The lowest BCUT2D eigenvalue weighted by molar-refractivity contribution is -0.143. The Hall–Kier alpha value is -2.24. The van der Waals surface area contributed by atoms with Crippen molar-refractivity contribution in [1.82, 2.24) is 5.32 Å². The summed E-state index contributed by atoms with van der Waals surface area (Å²) in [6.07, 6.45) is 0.852. The molecule has 0 saturated carbocycles. The van der Waals surface area contributed by atoms with Gasteiger partial charge in [0, 0.05) is 18.5 Å². The molecule has 1 aliphatic rings. The Morgan fingerprint density at radius 2 is 2.10 bits per heavy atom. The van der Waals surface area contributed by atoms with Crippen molar-refractivity contribution in [1.29, 1.82) is 0 Å². The van der Waals surface area contributed by atoms with Crippen LogP contribution in [0.1, 0.15) is 30.1 Å². The summed E-state index contributed by atoms with van der Waals surface area (Å²) in [5.41, 5.74) is 0.505. The zero-order valence-corrected chi connectivity index (χ0v) is 11.3. The van der Waals surface area contributed by atoms with Gasteiger partial charge in [-0.2, -0.15) is 0 Å². The molecule has 0 spiro atoms. The predicted molar refractivity (Wildman–Crippen MR) is 70.8 cm³/mol. The first-order chi connectivity index (χ1) is 9.70. The van der Waals surface area contributed by atoms with Gasteiger partial charge in [0.1, 0.15) is 0 Å². The Labute approximate surface area is 117 Å². The van der Waals surface area contributed by atoms with Crippen LogP contribution in [0.3, 0.4) is 0 Å². The first kappa shape index (κ1) is 14.2. The summed E-state index contributed by atoms with van der Waals surface area (Å²) in [5, 5.41) is 2.74. The van der Waals surface area contributed by atoms with Crippen LogP contribution in [0.25, 0.3) is 0 Å². The zero-order chi connectivity index (χ0) is 14.4. The van der Waals surface area contributed by atoms with Gasteiger partial charge >= 0.3 is 5.97 Å². The monoisotopic (exact) mass is 279 g/mol. The van der Waals surface area contributed by atoms with E-state index in [4.69, 9.17) is 14.2 Å². The second-order valence-electron chi connectivity index (χ2n) is 4.23. The van der Waals surface area contributed by atoms with Crippen LogP contribution in [0, 0.1) is 0 Å². The Bertz CT molecular complexity index is 500. The number of nitrogens with one attached hydrogen (secondary N) is 1. The number of amides is 1. The van der Waals surface area contributed by atoms with Crippen LogP contribution >= 0.6 is 0 Å². The molecule has 6 heteroatoms. The Morgan fingerprint density at radius 3 is 2.90 bits per heavy atom. The van der Waals surface area contributed by atoms with Gasteiger partial charge in [0.2, 0.25) is 6.79 Å². The molecule has 0 bridgehead atoms. The lowest BCUT2D eigenvalue weighted by Gasteiger charge is -2.06. The molecular weight excluding hydrogens is 262 g/mol. The molecule has 1 heterocycles. The van der Waals surface area contributed by atoms with E-state index in [1.54, 1.807) is 25.1 Å². The molecule has 0 radical (unpaired) electrons. The van der Waals surface area contributed by atoms with Crippen molar-refractivity contribution in [2.45, 2.75) is 19.8 Å². The molecule has 0 unspecified atom stereocenters. The number of esters is 1. The topological polar surface area (TPSA) is 73.9 Å². The Kier molecular flexibility index (Phi) is 4.81. The first-order valence-corrected chi connectivity index (χ1v) is 6.54. The molecule has 0 aromatic heterocycles. The number of carbonyl (C=O) groups is 2. The number of benzene rings is 1. The third kappa shape index (κ3) is 3.63. The maximum Gasteiger partial charge on any atom is 0.305 e. The maximum atomic E-state index is 11.9. The molecule has 20 heavy (non-hydrogen) atoms. The SMILES string of the molecule is CCOC(=O)CCCNC(=O)c1ccc2c(c1)OCO2. The summed E-state index contributed by atoms with van der Waals surface area (Å²) in [6, 6.07) is 5.02. The van der Waals surface area contributed by atoms with Crippen LogP contribution in [0.2, 0.25) is 0 Å². The second kappa shape index (κ2) is 6.79. The first-order valence-electron chi connectivity index (χ1n) is 6.54. The molecule has 108 valence electrons. The number of ether oxygens (including phenoxy) is 3. The minimum absolute atomic E-state index is 0.181. The average Bonchev–Trinajstić information content (AvgIpc) is 2.91. The fourth-order valence-corrected chi connectivity index (χ4v) is 1.81. The summed E-state index contributed by atoms with van der Waals surface area (Å²) in [5.74, 6) is 0.769. The van der Waals surface area contributed by atoms with Crippen molar-refractivity contribution in [2.24, 2.45) is 0 Å². The highest BCUT2D eigenvalue weighted by Gasteiger charge is 2.15. The molecule has 1 aliphatic heterocycles. The van der Waals surface area contributed by atoms with Gasteiger partial charge in [0.15, 0.2) is 11.5 Å². The molecule has 1 aromatic rings. The van der Waals surface area contributed by atoms with Crippen molar-refractivity contribution in [3.05, 3.63) is 23.8 Å². The van der Waals surface area contributed by atoms with Crippen LogP contribution < -0.4 is 14.8 Å². The maximum absolute atomic E-state index is 11.9. The van der Waals surface area contributed by atoms with Gasteiger partial charge < -0.3 is 19.5 Å². The van der Waals surface area contributed by atoms with Crippen LogP contribution in [0.5, 0.6) is 11.5 Å². The summed E-state index contributed by atoms with van der Waals surface area (Å²) < 4.78 is 15.2. The highest BCUT2D eigenvalue weighted by Crippen LogP contribution is 2.32. The number of fused-ring (bicyclic) bond motifs is 1. The lowest BCUT2D eigenvalue weighted by Crippen LogP contribution is -2.25. The van der Waals surface area contributed by atoms with E-state index < -0.39 is 0 Å². The smallest absolute Gasteiger partial charge is 0.305 e. The van der Waals surface area contributed by atoms with E-state index in [-0.39, 0.29) is 18.7 Å². The van der Waals surface area contributed by atoms with Crippen molar-refractivity contribution in [3.63, 3.8) is 0 Å². The zero-order valence-electron chi connectivity index (χ0n) is 11.3. The fourth-order valence-electron chi connectivity index (χ4n) is 1.81. The standard InChI is InChI=1S/C14H17NO5/c1-2-18-13(16)4-3-7-15-14(17)10-5-6-11-12(8-10)20-9-19-11/h5-6,8H,2-4,7,9H2,1H3,(H,15,17). The summed E-state index contributed by atoms with van der Waals surface area (Å²) >= 11 is 0. The summed E-state index contributed by atoms with van der Waals surface area (Å²) in [4.78, 5) is 23.0. The molecule has 2 rings (SSSR count). The minimum atomic E-state index is -0.246. The van der Waals surface area contributed by atoms with Crippen molar-refractivity contribution in [2.75, 3.05) is 19.9 Å². The largest absolute Gasteiger partial charge is 0.466 e. The number of hydrogen-bond donors (Lipinski definition) is 1. The highest BCUT2D eigenvalue weighted by atomic mass is 16.7. The highest BCUT2D eigenvalue weighted by molar-refractivity contribution is 5.94. The molecule has 0 saturated heterocycles. The molecule has 6 nitrogen and oxygen atoms in total. The van der Waals surface area contributed by atoms with Gasteiger partial charge in [-0.1, -0.05) is 0 Å². The number of rotatable bonds is 6. The van der Waals surface area contributed by atoms with Gasteiger partial charge in [0.05, 0.1) is 6.61 Å². The van der Waals surface area contributed by atoms with Gasteiger partial charge in [-0.25, -0.2) is 0 Å². The third-order valence-corrected chi connectivity index (χ3v) is 2.78. The van der Waals surface area contributed by atoms with Crippen LogP contribution in [-0.4, -0.2) is 31.8 Å². The predicted octanol–water partition coefficient (Wildman–Crippen LogP) is 1.49. The van der Waals surface area contributed by atoms with Crippen LogP contribution in [-0.2, 0) is 9.53 Å². The molecule has 0 atom stereocenters. The van der Waals surface area contributed by atoms with E-state index in [0.717, 1.165) is 0 Å². The van der Waals surface area contributed by atoms with E-state index in [1.165, 1.54) is 0 Å². The van der Waals surface area contributed by atoms with E-state index in [0.29, 0.717) is 43.1 Å².